The number of hydrogen-bond acceptors (Lipinski definition) is 2. The Morgan fingerprint density at radius 2 is 2.25 bits per heavy atom. The molecule has 0 spiro atoms. The van der Waals surface area contributed by atoms with Crippen molar-refractivity contribution in [2.24, 2.45) is 11.7 Å². The number of nitrogens with two attached hydrogens (primary N) is 1. The molecule has 1 heterocycles. The molecule has 2 N–H and O–H groups in total. The summed E-state index contributed by atoms with van der Waals surface area (Å²) in [5, 5.41) is 0. The van der Waals surface area contributed by atoms with Crippen LogP contribution in [0, 0.1) is 5.92 Å². The van der Waals surface area contributed by atoms with Gasteiger partial charge in [-0.15, -0.1) is 0 Å². The number of rotatable bonds is 3. The van der Waals surface area contributed by atoms with Crippen molar-refractivity contribution in [2.45, 2.75) is 39.7 Å². The number of urea groups is 1. The van der Waals surface area contributed by atoms with Crippen molar-refractivity contribution in [3.63, 3.8) is 0 Å². The topological polar surface area (TPSA) is 49.6 Å². The number of likely N-dealkylation sites (tertiary alicyclic amines) is 1. The Morgan fingerprint density at radius 1 is 1.56 bits per heavy atom. The summed E-state index contributed by atoms with van der Waals surface area (Å²) in [5.74, 6) is 0.629. The van der Waals surface area contributed by atoms with Gasteiger partial charge in [0.2, 0.25) is 0 Å². The lowest BCUT2D eigenvalue weighted by Gasteiger charge is -2.37. The molecule has 1 unspecified atom stereocenters. The monoisotopic (exact) mass is 227 g/mol. The van der Waals surface area contributed by atoms with Crippen molar-refractivity contribution >= 4 is 6.03 Å². The van der Waals surface area contributed by atoms with Gasteiger partial charge in [-0.1, -0.05) is 6.92 Å². The number of hydrogen-bond donors (Lipinski definition) is 1. The van der Waals surface area contributed by atoms with Gasteiger partial charge in [0.25, 0.3) is 0 Å². The molecule has 4 nitrogen and oxygen atoms in total. The van der Waals surface area contributed by atoms with Crippen molar-refractivity contribution in [1.82, 2.24) is 9.80 Å². The first-order valence-electron chi connectivity index (χ1n) is 6.32. The normalized spacial score (nSPS) is 21.3. The van der Waals surface area contributed by atoms with E-state index in [0.717, 1.165) is 19.5 Å². The highest BCUT2D eigenvalue weighted by molar-refractivity contribution is 5.74. The van der Waals surface area contributed by atoms with Gasteiger partial charge in [0.05, 0.1) is 0 Å². The Balaban J connectivity index is 2.58. The SMILES string of the molecule is CC1CCCN(C(=O)N(CCN)C(C)C)C1. The second-order valence-corrected chi connectivity index (χ2v) is 5.05. The third-order valence-corrected chi connectivity index (χ3v) is 3.17. The van der Waals surface area contributed by atoms with Crippen molar-refractivity contribution in [1.29, 1.82) is 0 Å². The summed E-state index contributed by atoms with van der Waals surface area (Å²) in [4.78, 5) is 16.1. The van der Waals surface area contributed by atoms with Crippen LogP contribution >= 0.6 is 0 Å². The van der Waals surface area contributed by atoms with Gasteiger partial charge in [0, 0.05) is 32.2 Å². The molecule has 1 saturated heterocycles. The maximum Gasteiger partial charge on any atom is 0.320 e. The first kappa shape index (κ1) is 13.3. The van der Waals surface area contributed by atoms with Gasteiger partial charge in [-0.05, 0) is 32.6 Å². The average molecular weight is 227 g/mol. The number of carbonyl (C=O) groups excluding carboxylic acids is 1. The zero-order valence-corrected chi connectivity index (χ0v) is 10.8. The van der Waals surface area contributed by atoms with Crippen molar-refractivity contribution in [3.8, 4) is 0 Å². The van der Waals surface area contributed by atoms with E-state index in [9.17, 15) is 4.79 Å². The minimum Gasteiger partial charge on any atom is -0.329 e. The van der Waals surface area contributed by atoms with E-state index in [-0.39, 0.29) is 12.1 Å². The minimum atomic E-state index is 0.159. The second-order valence-electron chi connectivity index (χ2n) is 5.05. The Labute approximate surface area is 98.8 Å². The van der Waals surface area contributed by atoms with E-state index >= 15 is 0 Å². The van der Waals surface area contributed by atoms with Crippen LogP contribution in [0.2, 0.25) is 0 Å². The predicted octanol–water partition coefficient (Wildman–Crippen LogP) is 1.51. The molecular weight excluding hydrogens is 202 g/mol. The zero-order valence-electron chi connectivity index (χ0n) is 10.8. The van der Waals surface area contributed by atoms with E-state index in [1.807, 2.05) is 23.6 Å². The molecule has 16 heavy (non-hydrogen) atoms. The van der Waals surface area contributed by atoms with Gasteiger partial charge >= 0.3 is 6.03 Å². The van der Waals surface area contributed by atoms with Crippen molar-refractivity contribution in [2.75, 3.05) is 26.2 Å². The van der Waals surface area contributed by atoms with Gasteiger partial charge in [-0.3, -0.25) is 0 Å². The van der Waals surface area contributed by atoms with Crippen LogP contribution in [0.3, 0.4) is 0 Å². The molecule has 4 heteroatoms. The molecule has 0 aromatic rings. The zero-order chi connectivity index (χ0) is 12.1. The van der Waals surface area contributed by atoms with Crippen LogP contribution in [0.15, 0.2) is 0 Å². The third-order valence-electron chi connectivity index (χ3n) is 3.17. The lowest BCUT2D eigenvalue weighted by atomic mass is 10.0. The van der Waals surface area contributed by atoms with Crippen LogP contribution in [0.1, 0.15) is 33.6 Å². The van der Waals surface area contributed by atoms with Crippen LogP contribution in [0.4, 0.5) is 4.79 Å². The molecule has 94 valence electrons. The van der Waals surface area contributed by atoms with E-state index in [1.54, 1.807) is 0 Å². The molecule has 1 rings (SSSR count). The molecule has 0 bridgehead atoms. The largest absolute Gasteiger partial charge is 0.329 e. The number of nitrogens with zero attached hydrogens (tertiary/aromatic N) is 2. The van der Waals surface area contributed by atoms with Crippen molar-refractivity contribution < 1.29 is 4.79 Å². The van der Waals surface area contributed by atoms with Crippen molar-refractivity contribution in [3.05, 3.63) is 0 Å². The van der Waals surface area contributed by atoms with Crippen LogP contribution in [-0.4, -0.2) is 48.1 Å². The summed E-state index contributed by atoms with van der Waals surface area (Å²) in [5.41, 5.74) is 5.55. The summed E-state index contributed by atoms with van der Waals surface area (Å²) >= 11 is 0. The second kappa shape index (κ2) is 6.09. The Hall–Kier alpha value is -0.770. The molecule has 1 aliphatic rings. The fraction of sp³-hybridized carbons (Fsp3) is 0.917. The van der Waals surface area contributed by atoms with E-state index in [0.29, 0.717) is 19.0 Å². The maximum atomic E-state index is 12.3. The standard InChI is InChI=1S/C12H25N3O/c1-10(2)15(8-6-13)12(16)14-7-4-5-11(3)9-14/h10-11H,4-9,13H2,1-3H3. The highest BCUT2D eigenvalue weighted by atomic mass is 16.2. The summed E-state index contributed by atoms with van der Waals surface area (Å²) in [6.07, 6.45) is 2.36. The summed E-state index contributed by atoms with van der Waals surface area (Å²) in [6.45, 7) is 9.28. The fourth-order valence-corrected chi connectivity index (χ4v) is 2.26. The molecule has 1 fully saturated rings. The quantitative estimate of drug-likeness (QED) is 0.794. The summed E-state index contributed by atoms with van der Waals surface area (Å²) in [7, 11) is 0. The fourth-order valence-electron chi connectivity index (χ4n) is 2.26. The van der Waals surface area contributed by atoms with Gasteiger partial charge in [-0.2, -0.15) is 0 Å². The Bertz CT molecular complexity index is 230. The van der Waals surface area contributed by atoms with E-state index in [1.165, 1.54) is 6.42 Å². The molecule has 1 atom stereocenters. The first-order valence-corrected chi connectivity index (χ1v) is 6.32. The molecule has 1 aliphatic heterocycles. The highest BCUT2D eigenvalue weighted by Gasteiger charge is 2.26. The lowest BCUT2D eigenvalue weighted by Crippen LogP contribution is -2.50. The summed E-state index contributed by atoms with van der Waals surface area (Å²) in [6, 6.07) is 0.389. The Kier molecular flexibility index (Phi) is 5.06. The first-order chi connectivity index (χ1) is 7.56. The minimum absolute atomic E-state index is 0.159. The van der Waals surface area contributed by atoms with Crippen LogP contribution in [0.5, 0.6) is 0 Å². The van der Waals surface area contributed by atoms with Crippen LogP contribution in [-0.2, 0) is 0 Å². The highest BCUT2D eigenvalue weighted by Crippen LogP contribution is 2.17. The molecule has 0 saturated carbocycles. The molecule has 0 aliphatic carbocycles. The van der Waals surface area contributed by atoms with Gasteiger partial charge in [0.1, 0.15) is 0 Å². The Morgan fingerprint density at radius 3 is 2.75 bits per heavy atom. The lowest BCUT2D eigenvalue weighted by molar-refractivity contribution is 0.122. The van der Waals surface area contributed by atoms with Crippen LogP contribution < -0.4 is 5.73 Å². The predicted molar refractivity (Wildman–Crippen MR) is 66.3 cm³/mol. The number of piperidine rings is 1. The van der Waals surface area contributed by atoms with Gasteiger partial charge in [-0.25, -0.2) is 4.79 Å². The maximum absolute atomic E-state index is 12.3. The molecule has 0 aromatic heterocycles. The molecular formula is C12H25N3O. The van der Waals surface area contributed by atoms with Gasteiger partial charge in [0.15, 0.2) is 0 Å². The van der Waals surface area contributed by atoms with E-state index < -0.39 is 0 Å². The average Bonchev–Trinajstić information content (AvgIpc) is 2.24. The third kappa shape index (κ3) is 3.37. The number of amides is 2. The van der Waals surface area contributed by atoms with E-state index in [2.05, 4.69) is 6.92 Å². The summed E-state index contributed by atoms with van der Waals surface area (Å²) < 4.78 is 0. The van der Waals surface area contributed by atoms with Gasteiger partial charge < -0.3 is 15.5 Å². The van der Waals surface area contributed by atoms with Crippen LogP contribution in [0.25, 0.3) is 0 Å². The molecule has 2 amide bonds. The smallest absolute Gasteiger partial charge is 0.320 e. The molecule has 0 aromatic carbocycles. The number of carbonyl (C=O) groups is 1. The van der Waals surface area contributed by atoms with E-state index in [4.69, 9.17) is 5.73 Å². The molecule has 0 radical (unpaired) electrons.